The van der Waals surface area contributed by atoms with Gasteiger partial charge in [0.2, 0.25) is 5.91 Å². The summed E-state index contributed by atoms with van der Waals surface area (Å²) in [5.41, 5.74) is 1.96. The largest absolute Gasteiger partial charge is 0.465 e. The second-order valence-electron chi connectivity index (χ2n) is 8.40. The van der Waals surface area contributed by atoms with Crippen LogP contribution in [0.2, 0.25) is 0 Å². The van der Waals surface area contributed by atoms with Crippen LogP contribution in [0.15, 0.2) is 16.5 Å². The molecule has 31 heavy (non-hydrogen) atoms. The van der Waals surface area contributed by atoms with Crippen LogP contribution in [0.25, 0.3) is 0 Å². The Bertz CT molecular complexity index is 972. The van der Waals surface area contributed by atoms with Gasteiger partial charge in [0.25, 0.3) is 5.91 Å². The molecule has 0 bridgehead atoms. The molecule has 8 nitrogen and oxygen atoms in total. The SMILES string of the molecule is Cc1ccc(CNC(=O)[C@@H]2CCCN(C(=O)c3[nH]c(C)c(C(=O)OC(C)C)c3C)C2)o1. The van der Waals surface area contributed by atoms with Gasteiger partial charge in [-0.15, -0.1) is 0 Å². The molecule has 1 aliphatic heterocycles. The number of aromatic amines is 1. The van der Waals surface area contributed by atoms with Crippen LogP contribution >= 0.6 is 0 Å². The molecule has 2 N–H and O–H groups in total. The van der Waals surface area contributed by atoms with Crippen molar-refractivity contribution in [2.45, 2.75) is 60.1 Å². The predicted molar refractivity (Wildman–Crippen MR) is 115 cm³/mol. The van der Waals surface area contributed by atoms with E-state index in [0.29, 0.717) is 47.9 Å². The number of rotatable bonds is 6. The molecule has 1 saturated heterocycles. The molecular weight excluding hydrogens is 398 g/mol. The van der Waals surface area contributed by atoms with E-state index < -0.39 is 5.97 Å². The van der Waals surface area contributed by atoms with Gasteiger partial charge in [-0.1, -0.05) is 0 Å². The molecule has 2 aromatic rings. The minimum Gasteiger partial charge on any atom is -0.465 e. The average Bonchev–Trinajstić information content (AvgIpc) is 3.27. The molecule has 1 fully saturated rings. The minimum atomic E-state index is -0.440. The third kappa shape index (κ3) is 5.18. The quantitative estimate of drug-likeness (QED) is 0.686. The van der Waals surface area contributed by atoms with Gasteiger partial charge in [-0.25, -0.2) is 4.79 Å². The number of H-pyrrole nitrogens is 1. The second kappa shape index (κ2) is 9.41. The molecular formula is C23H31N3O5. The first-order chi connectivity index (χ1) is 14.7. The van der Waals surface area contributed by atoms with Crippen molar-refractivity contribution in [1.82, 2.24) is 15.2 Å². The normalized spacial score (nSPS) is 16.5. The van der Waals surface area contributed by atoms with Crippen molar-refractivity contribution in [3.63, 3.8) is 0 Å². The molecule has 3 rings (SSSR count). The van der Waals surface area contributed by atoms with Crippen LogP contribution in [0, 0.1) is 26.7 Å². The van der Waals surface area contributed by atoms with E-state index in [1.807, 2.05) is 19.1 Å². The number of hydrogen-bond acceptors (Lipinski definition) is 5. The zero-order valence-corrected chi connectivity index (χ0v) is 18.8. The Morgan fingerprint density at radius 1 is 1.26 bits per heavy atom. The summed E-state index contributed by atoms with van der Waals surface area (Å²) in [5.74, 6) is 0.482. The summed E-state index contributed by atoms with van der Waals surface area (Å²) in [4.78, 5) is 43.0. The molecule has 2 aromatic heterocycles. The number of esters is 1. The molecule has 1 atom stereocenters. The second-order valence-corrected chi connectivity index (χ2v) is 8.40. The van der Waals surface area contributed by atoms with Crippen molar-refractivity contribution in [3.8, 4) is 0 Å². The van der Waals surface area contributed by atoms with Crippen molar-refractivity contribution in [2.24, 2.45) is 5.92 Å². The summed E-state index contributed by atoms with van der Waals surface area (Å²) in [7, 11) is 0. The van der Waals surface area contributed by atoms with Crippen LogP contribution in [0.4, 0.5) is 0 Å². The number of hydrogen-bond donors (Lipinski definition) is 2. The molecule has 1 aliphatic rings. The molecule has 8 heteroatoms. The Morgan fingerprint density at radius 2 is 2.00 bits per heavy atom. The molecule has 0 saturated carbocycles. The Balaban J connectivity index is 1.66. The van der Waals surface area contributed by atoms with Gasteiger partial charge in [0.1, 0.15) is 17.2 Å². The number of nitrogens with one attached hydrogen (secondary N) is 2. The highest BCUT2D eigenvalue weighted by Crippen LogP contribution is 2.24. The smallest absolute Gasteiger partial charge is 0.340 e. The number of amides is 2. The van der Waals surface area contributed by atoms with E-state index in [2.05, 4.69) is 10.3 Å². The summed E-state index contributed by atoms with van der Waals surface area (Å²) in [6.07, 6.45) is 1.22. The topological polar surface area (TPSA) is 105 Å². The van der Waals surface area contributed by atoms with Gasteiger partial charge in [0.15, 0.2) is 0 Å². The monoisotopic (exact) mass is 429 g/mol. The van der Waals surface area contributed by atoms with E-state index in [9.17, 15) is 14.4 Å². The van der Waals surface area contributed by atoms with Crippen molar-refractivity contribution in [1.29, 1.82) is 0 Å². The van der Waals surface area contributed by atoms with Crippen molar-refractivity contribution in [2.75, 3.05) is 13.1 Å². The predicted octanol–water partition coefficient (Wildman–Crippen LogP) is 3.27. The number of carbonyl (C=O) groups excluding carboxylic acids is 3. The van der Waals surface area contributed by atoms with E-state index >= 15 is 0 Å². The zero-order chi connectivity index (χ0) is 22.7. The Kier molecular flexibility index (Phi) is 6.87. The van der Waals surface area contributed by atoms with Crippen LogP contribution in [-0.4, -0.2) is 46.9 Å². The fourth-order valence-corrected chi connectivity index (χ4v) is 3.98. The third-order valence-corrected chi connectivity index (χ3v) is 5.51. The lowest BCUT2D eigenvalue weighted by Crippen LogP contribution is -2.45. The highest BCUT2D eigenvalue weighted by molar-refractivity contribution is 6.00. The number of carbonyl (C=O) groups is 3. The number of ether oxygens (including phenoxy) is 1. The summed E-state index contributed by atoms with van der Waals surface area (Å²) < 4.78 is 10.8. The lowest BCUT2D eigenvalue weighted by atomic mass is 9.96. The van der Waals surface area contributed by atoms with Crippen molar-refractivity contribution < 1.29 is 23.5 Å². The van der Waals surface area contributed by atoms with E-state index in [-0.39, 0.29) is 23.8 Å². The van der Waals surface area contributed by atoms with Gasteiger partial charge < -0.3 is 24.4 Å². The minimum absolute atomic E-state index is 0.0906. The fraction of sp³-hybridized carbons (Fsp3) is 0.522. The number of aryl methyl sites for hydroxylation is 2. The van der Waals surface area contributed by atoms with Crippen molar-refractivity contribution >= 4 is 17.8 Å². The van der Waals surface area contributed by atoms with E-state index in [1.165, 1.54) is 0 Å². The number of aromatic nitrogens is 1. The van der Waals surface area contributed by atoms with Gasteiger partial charge in [-0.3, -0.25) is 9.59 Å². The number of furan rings is 1. The lowest BCUT2D eigenvalue weighted by molar-refractivity contribution is -0.126. The maximum Gasteiger partial charge on any atom is 0.340 e. The standard InChI is InChI=1S/C23H31N3O5/c1-13(2)30-23(29)19-15(4)20(25-16(19)5)22(28)26-10-6-7-17(12-26)21(27)24-11-18-9-8-14(3)31-18/h8-9,13,17,25H,6-7,10-12H2,1-5H3,(H,24,27)/t17-/m1/s1. The highest BCUT2D eigenvalue weighted by Gasteiger charge is 2.32. The Morgan fingerprint density at radius 3 is 2.65 bits per heavy atom. The van der Waals surface area contributed by atoms with E-state index in [1.54, 1.807) is 32.6 Å². The maximum absolute atomic E-state index is 13.2. The molecule has 0 radical (unpaired) electrons. The van der Waals surface area contributed by atoms with Crippen LogP contribution in [-0.2, 0) is 16.1 Å². The van der Waals surface area contributed by atoms with Gasteiger partial charge >= 0.3 is 5.97 Å². The first-order valence-electron chi connectivity index (χ1n) is 10.7. The number of piperidine rings is 1. The van der Waals surface area contributed by atoms with Gasteiger partial charge in [0.05, 0.1) is 24.1 Å². The number of likely N-dealkylation sites (tertiary alicyclic amines) is 1. The first-order valence-corrected chi connectivity index (χ1v) is 10.7. The molecule has 168 valence electrons. The summed E-state index contributed by atoms with van der Waals surface area (Å²) >= 11 is 0. The third-order valence-electron chi connectivity index (χ3n) is 5.51. The molecule has 0 unspecified atom stereocenters. The van der Waals surface area contributed by atoms with Crippen LogP contribution in [0.1, 0.15) is 70.3 Å². The van der Waals surface area contributed by atoms with Gasteiger partial charge in [0, 0.05) is 18.8 Å². The summed E-state index contributed by atoms with van der Waals surface area (Å²) in [6, 6.07) is 3.69. The summed E-state index contributed by atoms with van der Waals surface area (Å²) in [5, 5.41) is 2.90. The maximum atomic E-state index is 13.2. The molecule has 0 aliphatic carbocycles. The lowest BCUT2D eigenvalue weighted by Gasteiger charge is -2.32. The van der Waals surface area contributed by atoms with Crippen LogP contribution < -0.4 is 5.32 Å². The Hall–Kier alpha value is -3.03. The average molecular weight is 430 g/mol. The summed E-state index contributed by atoms with van der Waals surface area (Å²) in [6.45, 7) is 10.2. The van der Waals surface area contributed by atoms with Gasteiger partial charge in [-0.05, 0) is 65.2 Å². The van der Waals surface area contributed by atoms with Crippen LogP contribution in [0.5, 0.6) is 0 Å². The highest BCUT2D eigenvalue weighted by atomic mass is 16.5. The molecule has 2 amide bonds. The fourth-order valence-electron chi connectivity index (χ4n) is 3.98. The van der Waals surface area contributed by atoms with Crippen molar-refractivity contribution in [3.05, 3.63) is 46.2 Å². The number of nitrogens with zero attached hydrogens (tertiary/aromatic N) is 1. The zero-order valence-electron chi connectivity index (χ0n) is 18.8. The van der Waals surface area contributed by atoms with E-state index in [4.69, 9.17) is 9.15 Å². The van der Waals surface area contributed by atoms with Gasteiger partial charge in [-0.2, -0.15) is 0 Å². The Labute approximate surface area is 182 Å². The molecule has 0 spiro atoms. The molecule has 0 aromatic carbocycles. The molecule has 3 heterocycles. The first kappa shape index (κ1) is 22.7. The van der Waals surface area contributed by atoms with E-state index in [0.717, 1.165) is 18.6 Å². The van der Waals surface area contributed by atoms with Crippen LogP contribution in [0.3, 0.4) is 0 Å².